The molecule has 11 heteroatoms. The summed E-state index contributed by atoms with van der Waals surface area (Å²) >= 11 is 0. The minimum absolute atomic E-state index is 0. The van der Waals surface area contributed by atoms with Gasteiger partial charge in [-0.05, 0) is 32.1 Å². The minimum Gasteiger partial charge on any atom is -0.854 e. The molecule has 0 spiro atoms. The first-order chi connectivity index (χ1) is 14.6. The molecule has 0 unspecified atom stereocenters. The van der Waals surface area contributed by atoms with E-state index >= 15 is 0 Å². The number of ether oxygens (including phenoxy) is 5. The molecule has 31 heavy (non-hydrogen) atoms. The van der Waals surface area contributed by atoms with Crippen molar-refractivity contribution in [3.8, 4) is 0 Å². The molecule has 1 radical (unpaired) electrons. The van der Waals surface area contributed by atoms with Crippen molar-refractivity contribution in [3.63, 3.8) is 0 Å². The predicted molar refractivity (Wildman–Crippen MR) is 107 cm³/mol. The van der Waals surface area contributed by atoms with Gasteiger partial charge in [-0.1, -0.05) is 0 Å². The van der Waals surface area contributed by atoms with E-state index in [-0.39, 0.29) is 51.6 Å². The van der Waals surface area contributed by atoms with E-state index in [1.165, 1.54) is 0 Å². The van der Waals surface area contributed by atoms with E-state index in [0.717, 1.165) is 0 Å². The van der Waals surface area contributed by atoms with Gasteiger partial charge in [-0.2, -0.15) is 0 Å². The van der Waals surface area contributed by atoms with Crippen LogP contribution in [0.2, 0.25) is 0 Å². The van der Waals surface area contributed by atoms with Crippen LogP contribution in [0.3, 0.4) is 0 Å². The van der Waals surface area contributed by atoms with Gasteiger partial charge in [0.25, 0.3) is 0 Å². The zero-order valence-corrected chi connectivity index (χ0v) is 21.5. The molecule has 0 aliphatic heterocycles. The molecule has 0 aromatic rings. The topological polar surface area (TPSA) is 161 Å². The normalized spacial score (nSPS) is 8.71. The number of hydrogen-bond acceptors (Lipinski definition) is 10. The summed E-state index contributed by atoms with van der Waals surface area (Å²) < 4.78 is 22.9. The molecular weight excluding hydrogens is 451 g/mol. The smallest absolute Gasteiger partial charge is 0.0449 e. The van der Waals surface area contributed by atoms with Crippen LogP contribution in [0.25, 0.3) is 0 Å². The molecule has 0 aliphatic rings. The van der Waals surface area contributed by atoms with E-state index in [2.05, 4.69) is 23.7 Å². The Balaban J connectivity index is -0.0000000625. The maximum Gasteiger partial charge on any atom is 0.0449 e. The maximum atomic E-state index is 9.61. The van der Waals surface area contributed by atoms with Gasteiger partial charge in [0.05, 0.1) is 0 Å². The number of rotatable bonds is 15. The predicted octanol–water partition coefficient (Wildman–Crippen LogP) is -3.09. The van der Waals surface area contributed by atoms with Crippen LogP contribution in [0.4, 0.5) is 0 Å². The summed E-state index contributed by atoms with van der Waals surface area (Å²) in [4.78, 5) is 0. The maximum absolute atomic E-state index is 9.61. The molecule has 0 aromatic heterocycles. The minimum atomic E-state index is -0.0200. The summed E-state index contributed by atoms with van der Waals surface area (Å²) in [6.07, 6.45) is 3.18. The van der Waals surface area contributed by atoms with Crippen LogP contribution in [-0.4, -0.2) is 102 Å². The standard InChI is InChI=1S/5C4H9O2.V/c5*1-6-4-2-3-5;/h5*2-4H2,1H3;/q5*-1;. The Kier molecular flexibility index (Phi) is 91.2. The van der Waals surface area contributed by atoms with Gasteiger partial charge in [0, 0.05) is 87.1 Å². The molecule has 0 heterocycles. The van der Waals surface area contributed by atoms with Crippen molar-refractivity contribution in [2.45, 2.75) is 32.1 Å². The first kappa shape index (κ1) is 44.8. The van der Waals surface area contributed by atoms with Crippen molar-refractivity contribution in [1.82, 2.24) is 0 Å². The van der Waals surface area contributed by atoms with Gasteiger partial charge in [-0.15, -0.1) is 33.0 Å². The molecule has 0 saturated carbocycles. The first-order valence-electron chi connectivity index (χ1n) is 9.93. The Bertz CT molecular complexity index is 140. The summed E-state index contributed by atoms with van der Waals surface area (Å²) in [5, 5.41) is 48.0. The zero-order chi connectivity index (χ0) is 24.1. The average Bonchev–Trinajstić information content (AvgIpc) is 2.78. The van der Waals surface area contributed by atoms with E-state index in [1.54, 1.807) is 35.5 Å². The molecule has 195 valence electrons. The second-order valence-electron chi connectivity index (χ2n) is 5.25. The fourth-order valence-electron chi connectivity index (χ4n) is 1.02. The van der Waals surface area contributed by atoms with Crippen LogP contribution >= 0.6 is 0 Å². The molecule has 0 aromatic carbocycles. The van der Waals surface area contributed by atoms with Crippen LogP contribution in [0, 0.1) is 0 Å². The summed E-state index contributed by atoms with van der Waals surface area (Å²) in [7, 11) is 7.96. The first-order valence-corrected chi connectivity index (χ1v) is 9.93. The van der Waals surface area contributed by atoms with Crippen molar-refractivity contribution < 1.29 is 67.8 Å². The zero-order valence-electron chi connectivity index (χ0n) is 20.1. The van der Waals surface area contributed by atoms with Crippen molar-refractivity contribution in [3.05, 3.63) is 0 Å². The van der Waals surface area contributed by atoms with Gasteiger partial charge < -0.3 is 49.2 Å². The Labute approximate surface area is 201 Å². The Morgan fingerprint density at radius 3 is 0.516 bits per heavy atom. The van der Waals surface area contributed by atoms with Crippen LogP contribution in [0.5, 0.6) is 0 Å². The van der Waals surface area contributed by atoms with Gasteiger partial charge >= 0.3 is 0 Å². The van der Waals surface area contributed by atoms with Crippen molar-refractivity contribution >= 4 is 0 Å². The molecule has 0 fully saturated rings. The quantitative estimate of drug-likeness (QED) is 0.213. The average molecular weight is 497 g/mol. The summed E-state index contributed by atoms with van der Waals surface area (Å²) in [6.45, 7) is 2.90. The summed E-state index contributed by atoms with van der Waals surface area (Å²) in [6, 6.07) is 0. The Hall–Kier alpha value is 0.184. The molecule has 0 saturated heterocycles. The van der Waals surface area contributed by atoms with Gasteiger partial charge in [-0.3, -0.25) is 0 Å². The SMILES string of the molecule is COCCC[O-].COCCC[O-].COCCC[O-].COCCC[O-].COCCC[O-].[V]. The van der Waals surface area contributed by atoms with Crippen LogP contribution in [-0.2, 0) is 42.2 Å². The second-order valence-corrected chi connectivity index (χ2v) is 5.25. The fraction of sp³-hybridized carbons (Fsp3) is 1.00. The van der Waals surface area contributed by atoms with Crippen LogP contribution in [0.15, 0.2) is 0 Å². The summed E-state index contributed by atoms with van der Waals surface area (Å²) in [5.74, 6) is 0. The van der Waals surface area contributed by atoms with E-state index in [1.807, 2.05) is 0 Å². The number of hydrogen-bond donors (Lipinski definition) is 0. The third kappa shape index (κ3) is 104. The molecule has 10 nitrogen and oxygen atoms in total. The molecule has 0 rings (SSSR count). The second kappa shape index (κ2) is 63.1. The van der Waals surface area contributed by atoms with E-state index in [9.17, 15) is 25.5 Å². The number of methoxy groups -OCH3 is 5. The van der Waals surface area contributed by atoms with Gasteiger partial charge in [-0.25, -0.2) is 0 Å². The molecule has 0 bridgehead atoms. The Morgan fingerprint density at radius 2 is 0.484 bits per heavy atom. The molecule has 0 atom stereocenters. The third-order valence-corrected chi connectivity index (χ3v) is 2.46. The monoisotopic (exact) mass is 496 g/mol. The van der Waals surface area contributed by atoms with E-state index in [0.29, 0.717) is 65.1 Å². The fourth-order valence-corrected chi connectivity index (χ4v) is 1.02. The molecular formula is C20H45O10V-5. The van der Waals surface area contributed by atoms with E-state index in [4.69, 9.17) is 0 Å². The van der Waals surface area contributed by atoms with E-state index < -0.39 is 0 Å². The largest absolute Gasteiger partial charge is 0.854 e. The summed E-state index contributed by atoms with van der Waals surface area (Å²) in [5.41, 5.74) is 0. The van der Waals surface area contributed by atoms with Crippen molar-refractivity contribution in [2.75, 3.05) is 102 Å². The van der Waals surface area contributed by atoms with Crippen molar-refractivity contribution in [1.29, 1.82) is 0 Å². The van der Waals surface area contributed by atoms with Gasteiger partial charge in [0.1, 0.15) is 0 Å². The molecule has 0 amide bonds. The third-order valence-electron chi connectivity index (χ3n) is 2.46. The molecule has 0 aliphatic carbocycles. The van der Waals surface area contributed by atoms with Crippen LogP contribution in [0.1, 0.15) is 32.1 Å². The van der Waals surface area contributed by atoms with Gasteiger partial charge in [0.15, 0.2) is 0 Å². The Morgan fingerprint density at radius 1 is 0.355 bits per heavy atom. The van der Waals surface area contributed by atoms with Gasteiger partial charge in [0.2, 0.25) is 0 Å². The molecule has 0 N–H and O–H groups in total. The van der Waals surface area contributed by atoms with Crippen LogP contribution < -0.4 is 25.5 Å². The van der Waals surface area contributed by atoms with Crippen molar-refractivity contribution in [2.24, 2.45) is 0 Å².